The number of ether oxygens (including phenoxy) is 1. The van der Waals surface area contributed by atoms with Gasteiger partial charge in [0.25, 0.3) is 0 Å². The van der Waals surface area contributed by atoms with Crippen LogP contribution in [0, 0.1) is 0 Å². The standard InChI is InChI=1S/C78H151NO5/c1-3-5-7-9-11-13-15-16-17-18-19-20-21-29-32-35-38-41-44-47-51-54-58-62-66-70-76(81)75(74-80)79-77(82)71-67-63-59-55-52-48-45-42-39-36-33-30-27-25-23-22-24-26-28-31-34-37-40-43-46-49-53-57-61-65-69-73-84-78(83)72-68-64-60-56-50-14-12-10-8-6-4-2/h10,12,24,26,75-76,80-81H,3-9,11,13-23,25,27-74H2,1-2H3,(H,79,82)/b12-10-,26-24-. The second-order valence-corrected chi connectivity index (χ2v) is 26.7. The van der Waals surface area contributed by atoms with E-state index in [1.165, 1.54) is 360 Å². The van der Waals surface area contributed by atoms with Crippen LogP contribution in [0.15, 0.2) is 24.3 Å². The summed E-state index contributed by atoms with van der Waals surface area (Å²) in [5.41, 5.74) is 0. The highest BCUT2D eigenvalue weighted by Crippen LogP contribution is 2.20. The molecule has 0 fully saturated rings. The zero-order chi connectivity index (χ0) is 60.6. The van der Waals surface area contributed by atoms with Crippen LogP contribution in [-0.2, 0) is 14.3 Å². The lowest BCUT2D eigenvalue weighted by atomic mass is 10.0. The number of carbonyl (C=O) groups excluding carboxylic acids is 2. The maximum Gasteiger partial charge on any atom is 0.305 e. The van der Waals surface area contributed by atoms with E-state index in [0.29, 0.717) is 25.9 Å². The molecule has 0 aromatic heterocycles. The molecule has 0 heterocycles. The summed E-state index contributed by atoms with van der Waals surface area (Å²) < 4.78 is 5.47. The van der Waals surface area contributed by atoms with E-state index in [1.807, 2.05) is 0 Å². The van der Waals surface area contributed by atoms with E-state index in [2.05, 4.69) is 43.5 Å². The molecule has 0 bridgehead atoms. The van der Waals surface area contributed by atoms with Crippen molar-refractivity contribution in [3.8, 4) is 0 Å². The number of amides is 1. The number of rotatable bonds is 73. The van der Waals surface area contributed by atoms with Crippen molar-refractivity contribution in [3.05, 3.63) is 24.3 Å². The van der Waals surface area contributed by atoms with Crippen molar-refractivity contribution < 1.29 is 24.5 Å². The fourth-order valence-corrected chi connectivity index (χ4v) is 12.3. The first-order valence-electron chi connectivity index (χ1n) is 38.6. The molecule has 3 N–H and O–H groups in total. The van der Waals surface area contributed by atoms with Gasteiger partial charge in [0.2, 0.25) is 5.91 Å². The third kappa shape index (κ3) is 69.4. The number of aliphatic hydroxyl groups is 2. The van der Waals surface area contributed by atoms with Crippen LogP contribution in [0.4, 0.5) is 0 Å². The molecule has 0 aliphatic rings. The molecule has 84 heavy (non-hydrogen) atoms. The van der Waals surface area contributed by atoms with E-state index >= 15 is 0 Å². The molecule has 0 radical (unpaired) electrons. The van der Waals surface area contributed by atoms with Gasteiger partial charge in [-0.3, -0.25) is 9.59 Å². The smallest absolute Gasteiger partial charge is 0.305 e. The van der Waals surface area contributed by atoms with Crippen molar-refractivity contribution in [1.29, 1.82) is 0 Å². The molecular formula is C78H151NO5. The first-order chi connectivity index (χ1) is 41.5. The van der Waals surface area contributed by atoms with Crippen LogP contribution in [0.2, 0.25) is 0 Å². The van der Waals surface area contributed by atoms with Crippen LogP contribution >= 0.6 is 0 Å². The number of aliphatic hydroxyl groups excluding tert-OH is 2. The maximum atomic E-state index is 12.6. The van der Waals surface area contributed by atoms with E-state index in [1.54, 1.807) is 0 Å². The van der Waals surface area contributed by atoms with Gasteiger partial charge in [0.05, 0.1) is 25.4 Å². The molecule has 0 aliphatic heterocycles. The SMILES string of the molecule is CCCC/C=C\CCCCCCCC(=O)OCCCCCCCCCCCCCC/C=C\CCCCCCCCCCCCCCCCCC(=O)NC(CO)C(O)CCCCCCCCCCCCCCCCCCCCCCCCCCC. The second kappa shape index (κ2) is 73.8. The van der Waals surface area contributed by atoms with Gasteiger partial charge in [-0.2, -0.15) is 0 Å². The molecule has 2 unspecified atom stereocenters. The van der Waals surface area contributed by atoms with E-state index in [9.17, 15) is 19.8 Å². The predicted molar refractivity (Wildman–Crippen MR) is 370 cm³/mol. The van der Waals surface area contributed by atoms with Crippen LogP contribution in [0.5, 0.6) is 0 Å². The summed E-state index contributed by atoms with van der Waals surface area (Å²) in [6, 6.07) is -0.541. The molecule has 498 valence electrons. The van der Waals surface area contributed by atoms with Crippen LogP contribution < -0.4 is 5.32 Å². The Hall–Kier alpha value is -1.66. The third-order valence-electron chi connectivity index (χ3n) is 18.2. The molecule has 0 aromatic rings. The third-order valence-corrected chi connectivity index (χ3v) is 18.2. The Labute approximate surface area is 526 Å². The number of esters is 1. The van der Waals surface area contributed by atoms with Crippen LogP contribution in [0.3, 0.4) is 0 Å². The Bertz CT molecular complexity index is 1320. The number of nitrogens with one attached hydrogen (secondary N) is 1. The van der Waals surface area contributed by atoms with Crippen LogP contribution in [0.1, 0.15) is 438 Å². The quantitative estimate of drug-likeness (QED) is 0.0320. The average molecular weight is 1180 g/mol. The zero-order valence-electron chi connectivity index (χ0n) is 57.2. The molecule has 6 heteroatoms. The molecule has 0 rings (SSSR count). The normalized spacial score (nSPS) is 12.6. The lowest BCUT2D eigenvalue weighted by molar-refractivity contribution is -0.143. The van der Waals surface area contributed by atoms with Crippen molar-refractivity contribution in [2.75, 3.05) is 13.2 Å². The second-order valence-electron chi connectivity index (χ2n) is 26.7. The number of hydrogen-bond acceptors (Lipinski definition) is 5. The van der Waals surface area contributed by atoms with E-state index < -0.39 is 12.1 Å². The number of carbonyl (C=O) groups is 2. The number of allylic oxidation sites excluding steroid dienone is 4. The molecule has 0 saturated heterocycles. The lowest BCUT2D eigenvalue weighted by Gasteiger charge is -2.22. The molecular weight excluding hydrogens is 1030 g/mol. The summed E-state index contributed by atoms with van der Waals surface area (Å²) in [6.07, 6.45) is 94.1. The summed E-state index contributed by atoms with van der Waals surface area (Å²) in [5.74, 6) is -0.0198. The fourth-order valence-electron chi connectivity index (χ4n) is 12.3. The molecule has 0 spiro atoms. The van der Waals surface area contributed by atoms with Gasteiger partial charge in [-0.15, -0.1) is 0 Å². The minimum atomic E-state index is -0.664. The average Bonchev–Trinajstić information content (AvgIpc) is 3.51. The number of hydrogen-bond donors (Lipinski definition) is 3. The van der Waals surface area contributed by atoms with Gasteiger partial charge >= 0.3 is 5.97 Å². The minimum absolute atomic E-state index is 0.00737. The van der Waals surface area contributed by atoms with Gasteiger partial charge in [0.1, 0.15) is 0 Å². The highest BCUT2D eigenvalue weighted by Gasteiger charge is 2.20. The van der Waals surface area contributed by atoms with Gasteiger partial charge in [0.15, 0.2) is 0 Å². The Morgan fingerprint density at radius 1 is 0.321 bits per heavy atom. The first-order valence-corrected chi connectivity index (χ1v) is 38.6. The van der Waals surface area contributed by atoms with Gasteiger partial charge < -0.3 is 20.3 Å². The summed E-state index contributed by atoms with van der Waals surface area (Å²) in [7, 11) is 0. The molecule has 1 amide bonds. The maximum absolute atomic E-state index is 12.6. The Morgan fingerprint density at radius 3 is 0.881 bits per heavy atom. The van der Waals surface area contributed by atoms with Crippen molar-refractivity contribution in [1.82, 2.24) is 5.32 Å². The summed E-state index contributed by atoms with van der Waals surface area (Å²) in [6.45, 7) is 4.96. The lowest BCUT2D eigenvalue weighted by Crippen LogP contribution is -2.45. The van der Waals surface area contributed by atoms with Crippen LogP contribution in [0.25, 0.3) is 0 Å². The fraction of sp³-hybridized carbons (Fsp3) is 0.923. The van der Waals surface area contributed by atoms with Gasteiger partial charge in [-0.25, -0.2) is 0 Å². The minimum Gasteiger partial charge on any atom is -0.466 e. The van der Waals surface area contributed by atoms with Gasteiger partial charge in [0, 0.05) is 12.8 Å². The van der Waals surface area contributed by atoms with E-state index in [4.69, 9.17) is 4.74 Å². The van der Waals surface area contributed by atoms with Crippen molar-refractivity contribution in [3.63, 3.8) is 0 Å². The molecule has 0 aliphatic carbocycles. The zero-order valence-corrected chi connectivity index (χ0v) is 57.2. The summed E-state index contributed by atoms with van der Waals surface area (Å²) in [4.78, 5) is 24.6. The van der Waals surface area contributed by atoms with Crippen LogP contribution in [-0.4, -0.2) is 47.4 Å². The number of unbranched alkanes of at least 4 members (excludes halogenated alkanes) is 58. The van der Waals surface area contributed by atoms with Crippen molar-refractivity contribution in [2.24, 2.45) is 0 Å². The first kappa shape index (κ1) is 82.3. The highest BCUT2D eigenvalue weighted by atomic mass is 16.5. The van der Waals surface area contributed by atoms with Gasteiger partial charge in [-0.05, 0) is 70.6 Å². The summed E-state index contributed by atoms with van der Waals surface area (Å²) in [5, 5.41) is 23.5. The molecule has 0 saturated carbocycles. The van der Waals surface area contributed by atoms with Crippen molar-refractivity contribution >= 4 is 11.9 Å². The van der Waals surface area contributed by atoms with Gasteiger partial charge in [-0.1, -0.05) is 378 Å². The Balaban J connectivity index is 3.37. The Morgan fingerprint density at radius 2 is 0.571 bits per heavy atom. The summed E-state index contributed by atoms with van der Waals surface area (Å²) >= 11 is 0. The monoisotopic (exact) mass is 1180 g/mol. The predicted octanol–water partition coefficient (Wildman–Crippen LogP) is 25.3. The van der Waals surface area contributed by atoms with E-state index in [0.717, 1.165) is 44.9 Å². The topological polar surface area (TPSA) is 95.9 Å². The van der Waals surface area contributed by atoms with E-state index in [-0.39, 0.29) is 18.5 Å². The highest BCUT2D eigenvalue weighted by molar-refractivity contribution is 5.76. The van der Waals surface area contributed by atoms with Crippen molar-refractivity contribution in [2.45, 2.75) is 450 Å². The molecule has 6 nitrogen and oxygen atoms in total. The molecule has 0 aromatic carbocycles. The molecule has 2 atom stereocenters. The largest absolute Gasteiger partial charge is 0.466 e. The Kier molecular flexibility index (Phi) is 72.3.